The van der Waals surface area contributed by atoms with Crippen LogP contribution < -0.4 is 5.73 Å². The molecule has 0 amide bonds. The lowest BCUT2D eigenvalue weighted by Crippen LogP contribution is -2.17. The lowest BCUT2D eigenvalue weighted by atomic mass is 10.1. The molecule has 3 rings (SSSR count). The minimum Gasteiger partial charge on any atom is -0.347 e. The van der Waals surface area contributed by atoms with E-state index in [1.807, 2.05) is 18.5 Å². The van der Waals surface area contributed by atoms with Crippen molar-refractivity contribution in [1.29, 1.82) is 0 Å². The first-order valence-electron chi connectivity index (χ1n) is 7.45. The monoisotopic (exact) mass is 279 g/mol. The fraction of sp³-hybridized carbons (Fsp3) is 0.278. The topological polar surface area (TPSA) is 43.8 Å². The Balaban J connectivity index is 1.88. The van der Waals surface area contributed by atoms with Gasteiger partial charge in [0.15, 0.2) is 0 Å². The minimum atomic E-state index is 0.183. The average Bonchev–Trinajstić information content (AvgIpc) is 2.84. The highest BCUT2D eigenvalue weighted by Gasteiger charge is 2.09. The molecule has 0 spiro atoms. The van der Waals surface area contributed by atoms with E-state index in [1.54, 1.807) is 0 Å². The number of hydrogen-bond donors (Lipinski definition) is 1. The molecular formula is C18H21N3. The van der Waals surface area contributed by atoms with Crippen LogP contribution in [0.4, 0.5) is 0 Å². The number of pyridine rings is 1. The van der Waals surface area contributed by atoms with E-state index in [1.165, 1.54) is 22.0 Å². The highest BCUT2D eigenvalue weighted by molar-refractivity contribution is 5.84. The Morgan fingerprint density at radius 1 is 1.19 bits per heavy atom. The van der Waals surface area contributed by atoms with Crippen molar-refractivity contribution in [3.05, 3.63) is 66.1 Å². The summed E-state index contributed by atoms with van der Waals surface area (Å²) >= 11 is 0. The summed E-state index contributed by atoms with van der Waals surface area (Å²) in [5.74, 6) is 0. The molecule has 2 N–H and O–H groups in total. The molecule has 3 aromatic rings. The number of para-hydroxylation sites is 1. The van der Waals surface area contributed by atoms with Crippen molar-refractivity contribution < 1.29 is 0 Å². The third kappa shape index (κ3) is 3.14. The average molecular weight is 279 g/mol. The Morgan fingerprint density at radius 2 is 2.05 bits per heavy atom. The lowest BCUT2D eigenvalue weighted by Gasteiger charge is -2.05. The van der Waals surface area contributed by atoms with Gasteiger partial charge in [-0.1, -0.05) is 24.3 Å². The molecule has 0 bridgehead atoms. The summed E-state index contributed by atoms with van der Waals surface area (Å²) in [6.07, 6.45) is 7.92. The van der Waals surface area contributed by atoms with E-state index in [2.05, 4.69) is 53.0 Å². The largest absolute Gasteiger partial charge is 0.347 e. The lowest BCUT2D eigenvalue weighted by molar-refractivity contribution is 0.705. The van der Waals surface area contributed by atoms with Crippen molar-refractivity contribution in [3.8, 4) is 0 Å². The first-order valence-corrected chi connectivity index (χ1v) is 7.45. The molecule has 0 aliphatic rings. The number of hydrogen-bond acceptors (Lipinski definition) is 2. The maximum absolute atomic E-state index is 5.97. The number of benzene rings is 1. The van der Waals surface area contributed by atoms with Crippen LogP contribution in [0.15, 0.2) is 55.0 Å². The van der Waals surface area contributed by atoms with Crippen LogP contribution in [0, 0.1) is 0 Å². The van der Waals surface area contributed by atoms with Crippen LogP contribution in [-0.2, 0) is 19.4 Å². The van der Waals surface area contributed by atoms with Gasteiger partial charge < -0.3 is 10.3 Å². The summed E-state index contributed by atoms with van der Waals surface area (Å²) in [5, 5.41) is 1.32. The Hall–Kier alpha value is -2.13. The molecule has 1 aromatic carbocycles. The maximum atomic E-state index is 5.97. The fourth-order valence-electron chi connectivity index (χ4n) is 2.81. The second-order valence-electron chi connectivity index (χ2n) is 5.66. The molecule has 21 heavy (non-hydrogen) atoms. The van der Waals surface area contributed by atoms with E-state index in [-0.39, 0.29) is 6.04 Å². The van der Waals surface area contributed by atoms with E-state index < -0.39 is 0 Å². The zero-order valence-electron chi connectivity index (χ0n) is 12.4. The first-order chi connectivity index (χ1) is 10.2. The van der Waals surface area contributed by atoms with Crippen molar-refractivity contribution in [2.45, 2.75) is 32.4 Å². The van der Waals surface area contributed by atoms with Crippen molar-refractivity contribution in [3.63, 3.8) is 0 Å². The van der Waals surface area contributed by atoms with Gasteiger partial charge in [-0.25, -0.2) is 0 Å². The number of aromatic nitrogens is 2. The van der Waals surface area contributed by atoms with Gasteiger partial charge in [0.05, 0.1) is 0 Å². The quantitative estimate of drug-likeness (QED) is 0.779. The third-order valence-electron chi connectivity index (χ3n) is 3.78. The second kappa shape index (κ2) is 6.10. The van der Waals surface area contributed by atoms with Crippen molar-refractivity contribution >= 4 is 10.9 Å². The molecule has 3 heteroatoms. The molecule has 0 aliphatic carbocycles. The van der Waals surface area contributed by atoms with E-state index in [0.717, 1.165) is 19.4 Å². The predicted octanol–water partition coefficient (Wildman–Crippen LogP) is 3.17. The molecule has 1 atom stereocenters. The molecule has 0 radical (unpaired) electrons. The summed E-state index contributed by atoms with van der Waals surface area (Å²) in [5.41, 5.74) is 9.87. The van der Waals surface area contributed by atoms with Crippen LogP contribution in [0.1, 0.15) is 18.1 Å². The Bertz CT molecular complexity index is 714. The van der Waals surface area contributed by atoms with Crippen LogP contribution in [0.3, 0.4) is 0 Å². The molecule has 1 unspecified atom stereocenters. The Labute approximate surface area is 125 Å². The molecular weight excluding hydrogens is 258 g/mol. The van der Waals surface area contributed by atoms with Gasteiger partial charge in [-0.05, 0) is 43.0 Å². The van der Waals surface area contributed by atoms with Gasteiger partial charge in [0.1, 0.15) is 0 Å². The summed E-state index contributed by atoms with van der Waals surface area (Å²) in [6.45, 7) is 3.02. The van der Waals surface area contributed by atoms with Gasteiger partial charge in [-0.2, -0.15) is 0 Å². The van der Waals surface area contributed by atoms with Gasteiger partial charge in [-0.15, -0.1) is 0 Å². The standard InChI is InChI=1S/C18H21N3/c1-14(19)11-16-13-21(18-7-3-2-6-17(16)18)10-8-15-5-4-9-20-12-15/h2-7,9,12-14H,8,10-11,19H2,1H3. The van der Waals surface area contributed by atoms with Gasteiger partial charge >= 0.3 is 0 Å². The molecule has 0 saturated carbocycles. The van der Waals surface area contributed by atoms with Crippen molar-refractivity contribution in [2.24, 2.45) is 5.73 Å². The molecule has 0 saturated heterocycles. The Morgan fingerprint density at radius 3 is 2.81 bits per heavy atom. The molecule has 3 nitrogen and oxygen atoms in total. The van der Waals surface area contributed by atoms with Crippen LogP contribution in [0.25, 0.3) is 10.9 Å². The van der Waals surface area contributed by atoms with Crippen molar-refractivity contribution in [2.75, 3.05) is 0 Å². The van der Waals surface area contributed by atoms with Crippen molar-refractivity contribution in [1.82, 2.24) is 9.55 Å². The summed E-state index contributed by atoms with van der Waals surface area (Å²) in [6, 6.07) is 12.9. The zero-order chi connectivity index (χ0) is 14.7. The van der Waals surface area contributed by atoms with Crippen LogP contribution in [-0.4, -0.2) is 15.6 Å². The maximum Gasteiger partial charge on any atom is 0.0483 e. The van der Waals surface area contributed by atoms with Crippen LogP contribution in [0.5, 0.6) is 0 Å². The SMILES string of the molecule is CC(N)Cc1cn(CCc2cccnc2)c2ccccc12. The summed E-state index contributed by atoms with van der Waals surface area (Å²) < 4.78 is 2.33. The smallest absolute Gasteiger partial charge is 0.0483 e. The van der Waals surface area contributed by atoms with E-state index in [4.69, 9.17) is 5.73 Å². The first kappa shape index (κ1) is 13.8. The Kier molecular flexibility index (Phi) is 4.02. The fourth-order valence-corrected chi connectivity index (χ4v) is 2.81. The van der Waals surface area contributed by atoms with Crippen LogP contribution in [0.2, 0.25) is 0 Å². The zero-order valence-corrected chi connectivity index (χ0v) is 12.4. The molecule has 0 fully saturated rings. The number of nitrogens with two attached hydrogens (primary N) is 1. The minimum absolute atomic E-state index is 0.183. The number of aryl methyl sites for hydroxylation is 2. The predicted molar refractivity (Wildman–Crippen MR) is 87.2 cm³/mol. The van der Waals surface area contributed by atoms with Gasteiger partial charge in [-0.3, -0.25) is 4.98 Å². The number of fused-ring (bicyclic) bond motifs is 1. The highest BCUT2D eigenvalue weighted by atomic mass is 15.0. The molecule has 2 aromatic heterocycles. The third-order valence-corrected chi connectivity index (χ3v) is 3.78. The van der Waals surface area contributed by atoms with E-state index >= 15 is 0 Å². The normalized spacial score (nSPS) is 12.7. The molecule has 2 heterocycles. The summed E-state index contributed by atoms with van der Waals surface area (Å²) in [4.78, 5) is 4.18. The number of nitrogens with zero attached hydrogens (tertiary/aromatic N) is 2. The van der Waals surface area contributed by atoms with Gasteiger partial charge in [0.25, 0.3) is 0 Å². The number of rotatable bonds is 5. The molecule has 108 valence electrons. The van der Waals surface area contributed by atoms with Crippen LogP contribution >= 0.6 is 0 Å². The van der Waals surface area contributed by atoms with E-state index in [9.17, 15) is 0 Å². The molecule has 0 aliphatic heterocycles. The van der Waals surface area contributed by atoms with Gasteiger partial charge in [0.2, 0.25) is 0 Å². The second-order valence-corrected chi connectivity index (χ2v) is 5.66. The van der Waals surface area contributed by atoms with E-state index in [0.29, 0.717) is 0 Å². The highest BCUT2D eigenvalue weighted by Crippen LogP contribution is 2.22. The van der Waals surface area contributed by atoms with Gasteiger partial charge in [0, 0.05) is 42.1 Å². The summed E-state index contributed by atoms with van der Waals surface area (Å²) in [7, 11) is 0.